The van der Waals surface area contributed by atoms with Crippen LogP contribution in [0.2, 0.25) is 0 Å². The van der Waals surface area contributed by atoms with Crippen molar-refractivity contribution in [1.82, 2.24) is 35.6 Å². The van der Waals surface area contributed by atoms with E-state index < -0.39 is 5.91 Å². The van der Waals surface area contributed by atoms with Crippen LogP contribution in [0.1, 0.15) is 34.9 Å². The summed E-state index contributed by atoms with van der Waals surface area (Å²) in [7, 11) is 0. The predicted octanol–water partition coefficient (Wildman–Crippen LogP) is 1.66. The number of anilines is 1. The highest BCUT2D eigenvalue weighted by Crippen LogP contribution is 2.20. The molecule has 148 valence electrons. The van der Waals surface area contributed by atoms with E-state index in [2.05, 4.69) is 56.6 Å². The van der Waals surface area contributed by atoms with E-state index in [1.54, 1.807) is 6.21 Å². The maximum atomic E-state index is 12.6. The minimum absolute atomic E-state index is 0.0546. The first-order valence-electron chi connectivity index (χ1n) is 8.37. The second kappa shape index (κ2) is 9.03. The van der Waals surface area contributed by atoms with Gasteiger partial charge in [0.25, 0.3) is 5.91 Å². The number of nitrogens with two attached hydrogens (primary N) is 1. The zero-order valence-corrected chi connectivity index (χ0v) is 17.6. The number of nitrogens with zero attached hydrogens (tertiary/aromatic N) is 7. The molecule has 0 aliphatic carbocycles. The third-order valence-electron chi connectivity index (χ3n) is 3.89. The lowest BCUT2D eigenvalue weighted by atomic mass is 10.2. The molecule has 3 aromatic rings. The number of hydrogen-bond acceptors (Lipinski definition) is 10. The highest BCUT2D eigenvalue weighted by atomic mass is 79.9. The van der Waals surface area contributed by atoms with E-state index in [-0.39, 0.29) is 17.3 Å². The number of thiophene rings is 1. The lowest BCUT2D eigenvalue weighted by Gasteiger charge is -2.18. The summed E-state index contributed by atoms with van der Waals surface area (Å²) in [6.07, 6.45) is 1.56. The van der Waals surface area contributed by atoms with Gasteiger partial charge in [-0.3, -0.25) is 9.69 Å². The maximum Gasteiger partial charge on any atom is 0.293 e. The monoisotopic (exact) mass is 467 g/mol. The average molecular weight is 468 g/mol. The highest BCUT2D eigenvalue weighted by molar-refractivity contribution is 9.11. The van der Waals surface area contributed by atoms with Crippen molar-refractivity contribution >= 4 is 45.2 Å². The Kier molecular flexibility index (Phi) is 6.49. The van der Waals surface area contributed by atoms with Gasteiger partial charge in [0.15, 0.2) is 5.69 Å². The first-order valence-corrected chi connectivity index (χ1v) is 9.98. The van der Waals surface area contributed by atoms with Crippen LogP contribution in [-0.2, 0) is 6.54 Å². The predicted molar refractivity (Wildman–Crippen MR) is 107 cm³/mol. The largest absolute Gasteiger partial charge is 0.378 e. The lowest BCUT2D eigenvalue weighted by molar-refractivity contribution is 0.0948. The van der Waals surface area contributed by atoms with E-state index in [1.807, 2.05) is 26.0 Å². The van der Waals surface area contributed by atoms with E-state index in [0.717, 1.165) is 21.8 Å². The standard InChI is InChI=1S/C15H18BrN9O2S/c1-3-24(4-2)8-10-12(19-23-25(10)14-13(17)21-27-22-14)15(26)20-18-7-9-5-6-11(16)28-9/h5-7H,3-4,8H2,1-2H3,(H2,17,21)(H,20,26)/b18-7-. The number of halogens is 1. The molecule has 0 atom stereocenters. The number of hydrazone groups is 1. The molecule has 1 amide bonds. The summed E-state index contributed by atoms with van der Waals surface area (Å²) in [4.78, 5) is 15.6. The van der Waals surface area contributed by atoms with Gasteiger partial charge in [-0.1, -0.05) is 19.1 Å². The zero-order valence-electron chi connectivity index (χ0n) is 15.2. The maximum absolute atomic E-state index is 12.6. The number of nitrogen functional groups attached to an aromatic ring is 1. The van der Waals surface area contributed by atoms with Crippen LogP contribution in [0.3, 0.4) is 0 Å². The number of nitrogens with one attached hydrogen (secondary N) is 1. The second-order valence-electron chi connectivity index (χ2n) is 5.57. The van der Waals surface area contributed by atoms with Gasteiger partial charge in [0, 0.05) is 11.4 Å². The molecule has 3 aromatic heterocycles. The van der Waals surface area contributed by atoms with Crippen LogP contribution in [-0.4, -0.2) is 55.4 Å². The van der Waals surface area contributed by atoms with E-state index >= 15 is 0 Å². The SMILES string of the molecule is CCN(CC)Cc1c(C(=O)N/N=C\c2ccc(Br)s2)nnn1-c1nonc1N. The molecule has 0 aromatic carbocycles. The molecule has 3 N–H and O–H groups in total. The van der Waals surface area contributed by atoms with Crippen LogP contribution in [0, 0.1) is 0 Å². The topological polar surface area (TPSA) is 140 Å². The normalized spacial score (nSPS) is 11.6. The van der Waals surface area contributed by atoms with Gasteiger partial charge in [0.1, 0.15) is 0 Å². The van der Waals surface area contributed by atoms with Crippen molar-refractivity contribution in [2.24, 2.45) is 5.10 Å². The average Bonchev–Trinajstić information content (AvgIpc) is 3.39. The fraction of sp³-hybridized carbons (Fsp3) is 0.333. The Labute approximate surface area is 172 Å². The molecule has 0 unspecified atom stereocenters. The number of aromatic nitrogens is 5. The summed E-state index contributed by atoms with van der Waals surface area (Å²) in [5, 5.41) is 19.3. The summed E-state index contributed by atoms with van der Waals surface area (Å²) >= 11 is 4.87. The molecule has 3 heterocycles. The Hall–Kier alpha value is -2.64. The first kappa shape index (κ1) is 20.1. The van der Waals surface area contributed by atoms with Crippen molar-refractivity contribution in [3.63, 3.8) is 0 Å². The molecule has 0 saturated carbocycles. The van der Waals surface area contributed by atoms with Crippen molar-refractivity contribution in [3.05, 3.63) is 32.2 Å². The van der Waals surface area contributed by atoms with Gasteiger partial charge < -0.3 is 5.73 Å². The molecule has 0 spiro atoms. The summed E-state index contributed by atoms with van der Waals surface area (Å²) < 4.78 is 6.98. The minimum atomic E-state index is -0.490. The number of amides is 1. The van der Waals surface area contributed by atoms with Crippen molar-refractivity contribution in [2.75, 3.05) is 18.8 Å². The third-order valence-corrected chi connectivity index (χ3v) is 5.45. The Bertz CT molecular complexity index is 976. The first-order chi connectivity index (χ1) is 13.5. The number of hydrogen-bond donors (Lipinski definition) is 2. The Morgan fingerprint density at radius 1 is 1.43 bits per heavy atom. The van der Waals surface area contributed by atoms with Gasteiger partial charge in [-0.25, -0.2) is 10.1 Å². The van der Waals surface area contributed by atoms with Gasteiger partial charge in [0.05, 0.1) is 15.7 Å². The lowest BCUT2D eigenvalue weighted by Crippen LogP contribution is -2.27. The molecule has 3 rings (SSSR count). The van der Waals surface area contributed by atoms with Crippen molar-refractivity contribution in [1.29, 1.82) is 0 Å². The van der Waals surface area contributed by atoms with E-state index in [1.165, 1.54) is 16.0 Å². The van der Waals surface area contributed by atoms with E-state index in [0.29, 0.717) is 12.2 Å². The molecular weight excluding hydrogens is 450 g/mol. The summed E-state index contributed by atoms with van der Waals surface area (Å²) in [6.45, 7) is 6.01. The Morgan fingerprint density at radius 3 is 2.82 bits per heavy atom. The van der Waals surface area contributed by atoms with Crippen LogP contribution < -0.4 is 11.2 Å². The van der Waals surface area contributed by atoms with Crippen LogP contribution >= 0.6 is 27.3 Å². The Morgan fingerprint density at radius 2 is 2.21 bits per heavy atom. The van der Waals surface area contributed by atoms with Gasteiger partial charge in [-0.2, -0.15) is 9.78 Å². The molecule has 0 fully saturated rings. The fourth-order valence-corrected chi connectivity index (χ4v) is 3.69. The van der Waals surface area contributed by atoms with Gasteiger partial charge in [-0.15, -0.1) is 16.4 Å². The van der Waals surface area contributed by atoms with Crippen LogP contribution in [0.25, 0.3) is 5.82 Å². The molecule has 11 nitrogen and oxygen atoms in total. The molecule has 0 aliphatic rings. The van der Waals surface area contributed by atoms with E-state index in [4.69, 9.17) is 5.73 Å². The van der Waals surface area contributed by atoms with Crippen molar-refractivity contribution in [2.45, 2.75) is 20.4 Å². The van der Waals surface area contributed by atoms with E-state index in [9.17, 15) is 4.79 Å². The molecule has 0 saturated heterocycles. The number of carbonyl (C=O) groups is 1. The number of carbonyl (C=O) groups excluding carboxylic acids is 1. The summed E-state index contributed by atoms with van der Waals surface area (Å²) in [5.74, 6) is -0.255. The quantitative estimate of drug-likeness (QED) is 0.376. The molecule has 28 heavy (non-hydrogen) atoms. The van der Waals surface area contributed by atoms with Crippen LogP contribution in [0.4, 0.5) is 5.82 Å². The minimum Gasteiger partial charge on any atom is -0.378 e. The van der Waals surface area contributed by atoms with Gasteiger partial charge in [0.2, 0.25) is 11.6 Å². The molecule has 0 aliphatic heterocycles. The Balaban J connectivity index is 1.86. The van der Waals surface area contributed by atoms with Crippen molar-refractivity contribution in [3.8, 4) is 5.82 Å². The fourth-order valence-electron chi connectivity index (χ4n) is 2.39. The summed E-state index contributed by atoms with van der Waals surface area (Å²) in [5.41, 5.74) is 8.88. The molecule has 13 heteroatoms. The van der Waals surface area contributed by atoms with Crippen LogP contribution in [0.15, 0.2) is 25.6 Å². The molecule has 0 radical (unpaired) electrons. The smallest absolute Gasteiger partial charge is 0.293 e. The highest BCUT2D eigenvalue weighted by Gasteiger charge is 2.24. The van der Waals surface area contributed by atoms with Gasteiger partial charge >= 0.3 is 0 Å². The van der Waals surface area contributed by atoms with Crippen LogP contribution in [0.5, 0.6) is 0 Å². The van der Waals surface area contributed by atoms with Gasteiger partial charge in [-0.05, 0) is 51.5 Å². The molecular formula is C15H18BrN9O2S. The third kappa shape index (κ3) is 4.43. The number of rotatable bonds is 8. The zero-order chi connectivity index (χ0) is 20.1. The molecule has 0 bridgehead atoms. The summed E-state index contributed by atoms with van der Waals surface area (Å²) in [6, 6.07) is 3.78. The van der Waals surface area contributed by atoms with Crippen molar-refractivity contribution < 1.29 is 9.42 Å². The second-order valence-corrected chi connectivity index (χ2v) is 8.07.